The van der Waals surface area contributed by atoms with E-state index in [2.05, 4.69) is 42.7 Å². The lowest BCUT2D eigenvalue weighted by atomic mass is 10.1. The molecule has 118 valence electrons. The van der Waals surface area contributed by atoms with E-state index in [9.17, 15) is 4.79 Å². The van der Waals surface area contributed by atoms with Crippen LogP contribution in [0.15, 0.2) is 36.7 Å². The Morgan fingerprint density at radius 3 is 2.45 bits per heavy atom. The molecule has 0 unspecified atom stereocenters. The SMILES string of the molecule is CNC(=O)Cc1ccc(N[C@H](C)c2cnn(C(C)C)c2)cc1. The lowest BCUT2D eigenvalue weighted by molar-refractivity contribution is -0.119. The summed E-state index contributed by atoms with van der Waals surface area (Å²) in [7, 11) is 1.65. The molecule has 2 N–H and O–H groups in total. The molecule has 0 saturated heterocycles. The van der Waals surface area contributed by atoms with E-state index >= 15 is 0 Å². The number of amides is 1. The number of benzene rings is 1. The molecule has 0 radical (unpaired) electrons. The number of anilines is 1. The molecule has 1 amide bonds. The lowest BCUT2D eigenvalue weighted by Crippen LogP contribution is -2.19. The average molecular weight is 300 g/mol. The smallest absolute Gasteiger partial charge is 0.224 e. The lowest BCUT2D eigenvalue weighted by Gasteiger charge is -2.14. The molecular weight excluding hydrogens is 276 g/mol. The normalized spacial score (nSPS) is 12.2. The van der Waals surface area contributed by atoms with Crippen molar-refractivity contribution in [1.82, 2.24) is 15.1 Å². The van der Waals surface area contributed by atoms with Gasteiger partial charge in [0.05, 0.1) is 18.7 Å². The maximum atomic E-state index is 11.4. The predicted octanol–water partition coefficient (Wildman–Crippen LogP) is 2.93. The number of hydrogen-bond donors (Lipinski definition) is 2. The molecule has 1 atom stereocenters. The van der Waals surface area contributed by atoms with Crippen LogP contribution >= 0.6 is 0 Å². The molecular formula is C17H24N4O. The van der Waals surface area contributed by atoms with Crippen LogP contribution in [0.5, 0.6) is 0 Å². The molecule has 0 aliphatic heterocycles. The molecule has 5 heteroatoms. The van der Waals surface area contributed by atoms with Crippen molar-refractivity contribution in [3.63, 3.8) is 0 Å². The summed E-state index contributed by atoms with van der Waals surface area (Å²) >= 11 is 0. The zero-order valence-corrected chi connectivity index (χ0v) is 13.6. The highest BCUT2D eigenvalue weighted by Crippen LogP contribution is 2.20. The zero-order chi connectivity index (χ0) is 16.1. The number of aromatic nitrogens is 2. The van der Waals surface area contributed by atoms with Crippen molar-refractivity contribution in [2.45, 2.75) is 39.3 Å². The Hall–Kier alpha value is -2.30. The van der Waals surface area contributed by atoms with Gasteiger partial charge in [-0.25, -0.2) is 0 Å². The van der Waals surface area contributed by atoms with Crippen LogP contribution < -0.4 is 10.6 Å². The first kappa shape index (κ1) is 16.1. The Kier molecular flexibility index (Phi) is 5.20. The van der Waals surface area contributed by atoms with Crippen LogP contribution in [0.2, 0.25) is 0 Å². The van der Waals surface area contributed by atoms with E-state index in [4.69, 9.17) is 0 Å². The summed E-state index contributed by atoms with van der Waals surface area (Å²) in [5, 5.41) is 10.4. The van der Waals surface area contributed by atoms with Crippen molar-refractivity contribution in [3.8, 4) is 0 Å². The van der Waals surface area contributed by atoms with Crippen molar-refractivity contribution < 1.29 is 4.79 Å². The first-order valence-electron chi connectivity index (χ1n) is 7.59. The third-order valence-corrected chi connectivity index (χ3v) is 3.63. The number of carbonyl (C=O) groups excluding carboxylic acids is 1. The number of rotatable bonds is 6. The Morgan fingerprint density at radius 1 is 1.23 bits per heavy atom. The standard InChI is InChI=1S/C17H24N4O/c1-12(2)21-11-15(10-19-21)13(3)20-16-7-5-14(6-8-16)9-17(22)18-4/h5-8,10-13,20H,9H2,1-4H3,(H,18,22)/t13-/m1/s1. The molecule has 0 fully saturated rings. The number of nitrogens with zero attached hydrogens (tertiary/aromatic N) is 2. The van der Waals surface area contributed by atoms with E-state index in [0.717, 1.165) is 16.8 Å². The van der Waals surface area contributed by atoms with E-state index in [1.54, 1.807) is 7.05 Å². The van der Waals surface area contributed by atoms with Crippen molar-refractivity contribution in [2.24, 2.45) is 0 Å². The summed E-state index contributed by atoms with van der Waals surface area (Å²) in [4.78, 5) is 11.4. The van der Waals surface area contributed by atoms with Gasteiger partial charge in [-0.3, -0.25) is 9.48 Å². The van der Waals surface area contributed by atoms with Crippen LogP contribution in [0.3, 0.4) is 0 Å². The molecule has 0 bridgehead atoms. The van der Waals surface area contributed by atoms with E-state index < -0.39 is 0 Å². The van der Waals surface area contributed by atoms with Crippen molar-refractivity contribution >= 4 is 11.6 Å². The van der Waals surface area contributed by atoms with Gasteiger partial charge in [0.2, 0.25) is 5.91 Å². The van der Waals surface area contributed by atoms with E-state index in [-0.39, 0.29) is 11.9 Å². The largest absolute Gasteiger partial charge is 0.378 e. The minimum absolute atomic E-state index is 0.0233. The topological polar surface area (TPSA) is 59.0 Å². The molecule has 1 aromatic heterocycles. The van der Waals surface area contributed by atoms with Crippen LogP contribution in [0.4, 0.5) is 5.69 Å². The van der Waals surface area contributed by atoms with Gasteiger partial charge in [-0.05, 0) is 38.5 Å². The van der Waals surface area contributed by atoms with Gasteiger partial charge in [-0.15, -0.1) is 0 Å². The van der Waals surface area contributed by atoms with Crippen molar-refractivity contribution in [2.75, 3.05) is 12.4 Å². The highest BCUT2D eigenvalue weighted by atomic mass is 16.1. The second-order valence-corrected chi connectivity index (χ2v) is 5.76. The van der Waals surface area contributed by atoms with Gasteiger partial charge >= 0.3 is 0 Å². The summed E-state index contributed by atoms with van der Waals surface area (Å²) in [5.74, 6) is 0.0233. The van der Waals surface area contributed by atoms with Gasteiger partial charge in [0.15, 0.2) is 0 Å². The predicted molar refractivity (Wildman–Crippen MR) is 88.9 cm³/mol. The highest BCUT2D eigenvalue weighted by Gasteiger charge is 2.09. The highest BCUT2D eigenvalue weighted by molar-refractivity contribution is 5.78. The minimum Gasteiger partial charge on any atom is -0.378 e. The summed E-state index contributed by atoms with van der Waals surface area (Å²) in [6, 6.07) is 8.50. The zero-order valence-electron chi connectivity index (χ0n) is 13.6. The third-order valence-electron chi connectivity index (χ3n) is 3.63. The molecule has 1 aromatic carbocycles. The monoisotopic (exact) mass is 300 g/mol. The number of hydrogen-bond acceptors (Lipinski definition) is 3. The van der Waals surface area contributed by atoms with E-state index in [1.807, 2.05) is 35.1 Å². The fraction of sp³-hybridized carbons (Fsp3) is 0.412. The first-order valence-corrected chi connectivity index (χ1v) is 7.59. The quantitative estimate of drug-likeness (QED) is 0.862. The Labute approximate surface area is 131 Å². The van der Waals surface area contributed by atoms with Gasteiger partial charge < -0.3 is 10.6 Å². The third kappa shape index (κ3) is 4.10. The first-order chi connectivity index (χ1) is 10.5. The molecule has 5 nitrogen and oxygen atoms in total. The molecule has 0 saturated carbocycles. The molecule has 2 aromatic rings. The van der Waals surface area contributed by atoms with Crippen molar-refractivity contribution in [3.05, 3.63) is 47.8 Å². The molecule has 0 aliphatic carbocycles. The van der Waals surface area contributed by atoms with E-state index in [0.29, 0.717) is 12.5 Å². The molecule has 2 rings (SSSR count). The number of nitrogens with one attached hydrogen (secondary N) is 2. The van der Waals surface area contributed by atoms with Crippen LogP contribution in [-0.4, -0.2) is 22.7 Å². The van der Waals surface area contributed by atoms with Gasteiger partial charge in [0, 0.05) is 30.5 Å². The fourth-order valence-electron chi connectivity index (χ4n) is 2.18. The van der Waals surface area contributed by atoms with Crippen LogP contribution in [-0.2, 0) is 11.2 Å². The van der Waals surface area contributed by atoms with Gasteiger partial charge in [0.1, 0.15) is 0 Å². The fourth-order valence-corrected chi connectivity index (χ4v) is 2.18. The van der Waals surface area contributed by atoms with Crippen LogP contribution in [0.1, 0.15) is 44.0 Å². The van der Waals surface area contributed by atoms with Gasteiger partial charge in [-0.2, -0.15) is 5.10 Å². The summed E-state index contributed by atoms with van der Waals surface area (Å²) in [5.41, 5.74) is 3.19. The summed E-state index contributed by atoms with van der Waals surface area (Å²) in [6.07, 6.45) is 4.38. The summed E-state index contributed by atoms with van der Waals surface area (Å²) < 4.78 is 1.96. The van der Waals surface area contributed by atoms with Crippen LogP contribution in [0.25, 0.3) is 0 Å². The average Bonchev–Trinajstić information content (AvgIpc) is 2.99. The Balaban J connectivity index is 1.98. The molecule has 0 spiro atoms. The molecule has 0 aliphatic rings. The van der Waals surface area contributed by atoms with Crippen molar-refractivity contribution in [1.29, 1.82) is 0 Å². The Bertz CT molecular complexity index is 616. The maximum absolute atomic E-state index is 11.4. The van der Waals surface area contributed by atoms with E-state index in [1.165, 1.54) is 0 Å². The second kappa shape index (κ2) is 7.11. The second-order valence-electron chi connectivity index (χ2n) is 5.76. The van der Waals surface area contributed by atoms with Gasteiger partial charge in [0.25, 0.3) is 0 Å². The molecule has 1 heterocycles. The maximum Gasteiger partial charge on any atom is 0.224 e. The van der Waals surface area contributed by atoms with Gasteiger partial charge in [-0.1, -0.05) is 12.1 Å². The summed E-state index contributed by atoms with van der Waals surface area (Å²) in [6.45, 7) is 6.33. The number of likely N-dealkylation sites (N-methyl/N-ethyl adjacent to an activating group) is 1. The Morgan fingerprint density at radius 2 is 1.91 bits per heavy atom. The van der Waals surface area contributed by atoms with Crippen LogP contribution in [0, 0.1) is 0 Å². The number of carbonyl (C=O) groups is 1. The molecule has 22 heavy (non-hydrogen) atoms. The minimum atomic E-state index is 0.0233.